The third-order valence-corrected chi connectivity index (χ3v) is 26.5. The van der Waals surface area contributed by atoms with E-state index in [4.69, 9.17) is 58.1 Å². The second-order valence-electron chi connectivity index (χ2n) is 35.0. The van der Waals surface area contributed by atoms with Crippen molar-refractivity contribution in [3.63, 3.8) is 0 Å². The molecule has 20 aromatic carbocycles. The summed E-state index contributed by atoms with van der Waals surface area (Å²) in [5, 5.41) is 13.3. The van der Waals surface area contributed by atoms with Crippen LogP contribution in [0.2, 0.25) is 0 Å². The van der Waals surface area contributed by atoms with Gasteiger partial charge in [-0.05, 0) is 147 Å². The summed E-state index contributed by atoms with van der Waals surface area (Å²) >= 11 is 0. The van der Waals surface area contributed by atoms with Gasteiger partial charge in [0, 0.05) is 109 Å². The molecule has 0 spiro atoms. The number of benzene rings is 20. The van der Waals surface area contributed by atoms with Gasteiger partial charge in [0.2, 0.25) is 5.95 Å². The fourth-order valence-corrected chi connectivity index (χ4v) is 19.8. The molecule has 0 N–H and O–H groups in total. The number of nitrogens with zero attached hydrogens (tertiary/aromatic N) is 11. The fraction of sp³-hybridized carbons (Fsp3) is 0. The van der Waals surface area contributed by atoms with Gasteiger partial charge in [0.1, 0.15) is 33.5 Å². The predicted octanol–water partition coefficient (Wildman–Crippen LogP) is 32.7. The van der Waals surface area contributed by atoms with E-state index in [1.54, 1.807) is 0 Å². The number of aromatic nitrogens is 11. The van der Waals surface area contributed by atoms with Gasteiger partial charge in [-0.3, -0.25) is 4.57 Å². The van der Waals surface area contributed by atoms with Gasteiger partial charge in [-0.2, -0.15) is 9.97 Å². The molecule has 28 aromatic rings. The van der Waals surface area contributed by atoms with E-state index in [1.165, 1.54) is 44.1 Å². The van der Waals surface area contributed by atoms with Crippen molar-refractivity contribution in [2.45, 2.75) is 0 Å². The van der Waals surface area contributed by atoms with Gasteiger partial charge in [-0.15, -0.1) is 0 Å². The molecule has 0 bridgehead atoms. The Hall–Kier alpha value is -19.3. The predicted molar refractivity (Wildman–Crippen MR) is 573 cm³/mol. The molecule has 0 fully saturated rings. The number of furan rings is 3. The third-order valence-electron chi connectivity index (χ3n) is 26.5. The van der Waals surface area contributed by atoms with Crippen molar-refractivity contribution in [2.24, 2.45) is 0 Å². The Morgan fingerprint density at radius 2 is 0.461 bits per heavy atom. The lowest BCUT2D eigenvalue weighted by atomic mass is 9.97. The maximum atomic E-state index is 6.50. The summed E-state index contributed by atoms with van der Waals surface area (Å²) in [5.41, 5.74) is 27.0. The lowest BCUT2D eigenvalue weighted by Gasteiger charge is -2.11. The van der Waals surface area contributed by atoms with Gasteiger partial charge >= 0.3 is 0 Å². The van der Waals surface area contributed by atoms with E-state index >= 15 is 0 Å². The molecule has 28 rings (SSSR count). The zero-order valence-corrected chi connectivity index (χ0v) is 75.8. The highest BCUT2D eigenvalue weighted by molar-refractivity contribution is 6.20. The smallest absolute Gasteiger partial charge is 0.238 e. The Morgan fingerprint density at radius 3 is 0.972 bits per heavy atom. The quantitative estimate of drug-likeness (QED) is 0.101. The van der Waals surface area contributed by atoms with Gasteiger partial charge in [0.25, 0.3) is 0 Å². The minimum absolute atomic E-state index is 0.578. The lowest BCUT2D eigenvalue weighted by molar-refractivity contribution is 0.668. The zero-order chi connectivity index (χ0) is 93.2. The van der Waals surface area contributed by atoms with E-state index in [-0.39, 0.29) is 0 Å². The Bertz CT molecular complexity index is 9460. The summed E-state index contributed by atoms with van der Waals surface area (Å²) in [6, 6.07) is 165. The van der Waals surface area contributed by atoms with E-state index < -0.39 is 0 Å². The molecule has 0 atom stereocenters. The van der Waals surface area contributed by atoms with Crippen LogP contribution in [-0.4, -0.2) is 54.0 Å². The van der Waals surface area contributed by atoms with Crippen LogP contribution in [-0.2, 0) is 0 Å². The monoisotopic (exact) mass is 1810 g/mol. The molecule has 0 aliphatic rings. The number of fused-ring (bicyclic) bond motifs is 17. The van der Waals surface area contributed by atoms with Crippen molar-refractivity contribution < 1.29 is 13.3 Å². The molecule has 8 aromatic heterocycles. The zero-order valence-electron chi connectivity index (χ0n) is 75.8. The highest BCUT2D eigenvalue weighted by Gasteiger charge is 2.25. The molecule has 8 heterocycles. The molecule has 0 aliphatic heterocycles. The van der Waals surface area contributed by atoms with Crippen molar-refractivity contribution in [3.8, 4) is 147 Å². The Kier molecular flexibility index (Phi) is 20.6. The Balaban J connectivity index is 0.000000109. The molecule has 14 nitrogen and oxygen atoms in total. The van der Waals surface area contributed by atoms with E-state index in [1.807, 2.05) is 133 Å². The summed E-state index contributed by atoms with van der Waals surface area (Å²) < 4.78 is 23.6. The number of rotatable bonds is 14. The SMILES string of the molecule is c1ccc(-c2ccc(-c3nc(-c4ccc(-c5ccccc5)cc4)nc(-c4cccc5oc6c7ccccc7ccc6c45)n3)cc2)cc1.c1ccc(-c2nc(-c3ccc(-n4c5ccccc5c5ccccc54)cc3)nc(-c3cccc4oc5ccccc5c34)n2)cc1.c1ccc(-c2nc(-c3cccc(-c4ccc5c(c4)oc4cccc(-c6ccccc6)c45)c3)nc(-n3c4ccccc4c4ccccc43)n2)cc1. The van der Waals surface area contributed by atoms with Crippen LogP contribution >= 0.6 is 0 Å². The van der Waals surface area contributed by atoms with Crippen molar-refractivity contribution >= 4 is 120 Å². The van der Waals surface area contributed by atoms with Crippen molar-refractivity contribution in [2.75, 3.05) is 0 Å². The molecular weight excluding hydrogens is 1730 g/mol. The summed E-state index contributed by atoms with van der Waals surface area (Å²) in [4.78, 5) is 45.5. The molecule has 0 saturated heterocycles. The van der Waals surface area contributed by atoms with E-state index in [2.05, 4.69) is 355 Å². The van der Waals surface area contributed by atoms with Gasteiger partial charge in [0.15, 0.2) is 46.6 Å². The largest absolute Gasteiger partial charge is 0.456 e. The minimum Gasteiger partial charge on any atom is -0.456 e. The molecular formula is C127H79N11O3. The first-order valence-corrected chi connectivity index (χ1v) is 47.0. The summed E-state index contributed by atoms with van der Waals surface area (Å²) in [5.74, 6) is 5.50. The van der Waals surface area contributed by atoms with Crippen molar-refractivity contribution in [1.29, 1.82) is 0 Å². The molecule has 141 heavy (non-hydrogen) atoms. The second-order valence-corrected chi connectivity index (χ2v) is 35.0. The first-order valence-electron chi connectivity index (χ1n) is 47.0. The van der Waals surface area contributed by atoms with Gasteiger partial charge in [-0.1, -0.05) is 382 Å². The van der Waals surface area contributed by atoms with E-state index in [0.29, 0.717) is 52.5 Å². The average molecular weight is 1810 g/mol. The first kappa shape index (κ1) is 82.4. The maximum Gasteiger partial charge on any atom is 0.238 e. The first-order chi connectivity index (χ1) is 69.9. The van der Waals surface area contributed by atoms with Gasteiger partial charge in [0.05, 0.1) is 22.1 Å². The van der Waals surface area contributed by atoms with Crippen LogP contribution in [0.15, 0.2) is 492 Å². The average Bonchev–Trinajstić information content (AvgIpc) is 1.59. The molecule has 660 valence electrons. The van der Waals surface area contributed by atoms with Crippen LogP contribution in [0.1, 0.15) is 0 Å². The topological polar surface area (TPSA) is 165 Å². The normalized spacial score (nSPS) is 11.5. The second kappa shape index (κ2) is 35.2. The Morgan fingerprint density at radius 1 is 0.156 bits per heavy atom. The van der Waals surface area contributed by atoms with Crippen molar-refractivity contribution in [1.82, 2.24) is 54.0 Å². The standard InChI is InChI=1S/C45H28N4O.C43H27N3O.C39H24N4O/c1-3-13-29(14-4-1)34-21-12-24-40-42(34)37-26-25-32(28-41(37)50-40)31-17-11-18-33(27-31)44-46-43(30-15-5-2-6-16-30)47-45(48-44)49-38-22-9-7-19-35(38)36-20-8-10-23-39(36)49;1-3-10-28(11-4-1)30-18-22-33(23-19-30)41-44-42(34-24-20-31(21-25-34)29-12-5-2-6-13-29)46-43(45-41)37-16-9-17-38-39(37)36-27-26-32-14-7-8-15-35(32)40(36)47-38;1-2-11-25(12-3-1)37-40-38(42-39(41-37)31-16-10-20-35-36(31)30-15-6-9-19-34(30)44-35)26-21-23-27(24-22-26)43-32-17-7-4-13-28(32)29-14-5-8-18-33(29)43/h1-28H;1-27H;1-24H. The van der Waals surface area contributed by atoms with Crippen molar-refractivity contribution in [3.05, 3.63) is 479 Å². The molecule has 0 unspecified atom stereocenters. The number of para-hydroxylation sites is 5. The number of hydrogen-bond acceptors (Lipinski definition) is 12. The summed E-state index contributed by atoms with van der Waals surface area (Å²) in [6.45, 7) is 0. The van der Waals surface area contributed by atoms with E-state index in [9.17, 15) is 0 Å². The molecule has 0 aliphatic carbocycles. The van der Waals surface area contributed by atoms with E-state index in [0.717, 1.165) is 171 Å². The van der Waals surface area contributed by atoms with Crippen LogP contribution < -0.4 is 0 Å². The van der Waals surface area contributed by atoms with Crippen LogP contribution in [0.5, 0.6) is 0 Å². The van der Waals surface area contributed by atoms with Gasteiger partial charge < -0.3 is 17.8 Å². The highest BCUT2D eigenvalue weighted by atomic mass is 16.3. The summed E-state index contributed by atoms with van der Waals surface area (Å²) in [7, 11) is 0. The maximum absolute atomic E-state index is 6.50. The van der Waals surface area contributed by atoms with Crippen LogP contribution in [0.25, 0.3) is 267 Å². The lowest BCUT2D eigenvalue weighted by Crippen LogP contribution is -2.06. The Labute approximate surface area is 808 Å². The van der Waals surface area contributed by atoms with Crippen LogP contribution in [0.4, 0.5) is 0 Å². The summed E-state index contributed by atoms with van der Waals surface area (Å²) in [6.07, 6.45) is 0. The third kappa shape index (κ3) is 15.2. The molecule has 0 radical (unpaired) electrons. The van der Waals surface area contributed by atoms with Gasteiger partial charge in [-0.25, -0.2) is 34.9 Å². The molecule has 0 amide bonds. The number of hydrogen-bond donors (Lipinski definition) is 0. The molecule has 14 heteroatoms. The minimum atomic E-state index is 0.578. The highest BCUT2D eigenvalue weighted by Crippen LogP contribution is 2.45. The van der Waals surface area contributed by atoms with Crippen LogP contribution in [0.3, 0.4) is 0 Å². The van der Waals surface area contributed by atoms with Crippen LogP contribution in [0, 0.1) is 0 Å². The molecule has 0 saturated carbocycles. The fourth-order valence-electron chi connectivity index (χ4n) is 19.8.